The molecule has 1 fully saturated rings. The Balaban J connectivity index is 1.81. The molecule has 1 N–H and O–H groups in total. The van der Waals surface area contributed by atoms with Gasteiger partial charge in [0.15, 0.2) is 5.11 Å². The smallest absolute Gasteiger partial charge is 0.325 e. The largest absolute Gasteiger partial charge is 0.465 e. The first-order valence-electron chi connectivity index (χ1n) is 10.5. The minimum absolute atomic E-state index is 0.0251. The highest BCUT2D eigenvalue weighted by atomic mass is 32.1. The lowest BCUT2D eigenvalue weighted by atomic mass is 9.97. The van der Waals surface area contributed by atoms with Gasteiger partial charge in [-0.05, 0) is 75.0 Å². The van der Waals surface area contributed by atoms with Crippen molar-refractivity contribution in [2.75, 3.05) is 13.2 Å². The predicted octanol–water partition coefficient (Wildman–Crippen LogP) is 4.16. The van der Waals surface area contributed by atoms with Gasteiger partial charge in [-0.15, -0.1) is 0 Å². The summed E-state index contributed by atoms with van der Waals surface area (Å²) in [5.74, 6) is -0.641. The molecule has 4 rings (SSSR count). The number of aromatic nitrogens is 2. The topological polar surface area (TPSA) is 59.4 Å². The minimum atomic E-state index is -0.345. The molecule has 1 aliphatic heterocycles. The van der Waals surface area contributed by atoms with Crippen molar-refractivity contribution in [2.24, 2.45) is 0 Å². The first kappa shape index (κ1) is 22.0. The van der Waals surface area contributed by atoms with Crippen LogP contribution in [0.2, 0.25) is 0 Å². The van der Waals surface area contributed by atoms with Crippen LogP contribution in [0, 0.1) is 19.7 Å². The van der Waals surface area contributed by atoms with Crippen LogP contribution in [0.1, 0.15) is 41.7 Å². The Hall–Kier alpha value is -3.26. The molecule has 3 aromatic rings. The Morgan fingerprint density at radius 1 is 1.22 bits per heavy atom. The third kappa shape index (κ3) is 4.10. The molecule has 0 saturated carbocycles. The zero-order valence-electron chi connectivity index (χ0n) is 18.2. The molecule has 32 heavy (non-hydrogen) atoms. The van der Waals surface area contributed by atoms with E-state index in [0.29, 0.717) is 11.7 Å². The zero-order chi connectivity index (χ0) is 22.8. The number of hydrogen-bond acceptors (Lipinski definition) is 4. The number of carbonyl (C=O) groups is 1. The second kappa shape index (κ2) is 9.08. The van der Waals surface area contributed by atoms with E-state index in [1.165, 1.54) is 12.1 Å². The van der Waals surface area contributed by atoms with Gasteiger partial charge in [-0.2, -0.15) is 0 Å². The summed E-state index contributed by atoms with van der Waals surface area (Å²) in [4.78, 5) is 18.7. The number of halogens is 1. The third-order valence-electron chi connectivity index (χ3n) is 5.66. The standard InChI is InChI=1S/C24H25FN4O2S/c1-4-31-21(30)14-28-23(22(27-24(28)32)20-10-5-6-11-26-20)19-12-15(2)29(16(19)3)18-9-7-8-17(25)13-18/h5-13,22-23H,4,14H2,1-3H3,(H,27,32). The van der Waals surface area contributed by atoms with E-state index in [0.717, 1.165) is 28.3 Å². The number of benzene rings is 1. The van der Waals surface area contributed by atoms with Gasteiger partial charge in [-0.1, -0.05) is 12.1 Å². The summed E-state index contributed by atoms with van der Waals surface area (Å²) < 4.78 is 21.1. The summed E-state index contributed by atoms with van der Waals surface area (Å²) >= 11 is 5.61. The zero-order valence-corrected chi connectivity index (χ0v) is 19.0. The fourth-order valence-electron chi connectivity index (χ4n) is 4.36. The van der Waals surface area contributed by atoms with Crippen molar-refractivity contribution in [3.05, 3.63) is 83.2 Å². The summed E-state index contributed by atoms with van der Waals surface area (Å²) in [5.41, 5.74) is 4.45. The summed E-state index contributed by atoms with van der Waals surface area (Å²) in [7, 11) is 0. The van der Waals surface area contributed by atoms with Crippen LogP contribution < -0.4 is 5.32 Å². The molecule has 0 amide bonds. The van der Waals surface area contributed by atoms with Gasteiger partial charge < -0.3 is 19.5 Å². The summed E-state index contributed by atoms with van der Waals surface area (Å²) in [6.07, 6.45) is 1.74. The Bertz CT molecular complexity index is 1150. The molecule has 8 heteroatoms. The van der Waals surface area contributed by atoms with Crippen molar-refractivity contribution < 1.29 is 13.9 Å². The van der Waals surface area contributed by atoms with Gasteiger partial charge in [0.25, 0.3) is 0 Å². The number of thiocarbonyl (C=S) groups is 1. The SMILES string of the molecule is CCOC(=O)CN1C(=S)NC(c2ccccn2)C1c1cc(C)n(-c2cccc(F)c2)c1C. The normalized spacial score (nSPS) is 18.0. The van der Waals surface area contributed by atoms with Crippen molar-refractivity contribution >= 4 is 23.3 Å². The van der Waals surface area contributed by atoms with E-state index < -0.39 is 0 Å². The predicted molar refractivity (Wildman–Crippen MR) is 124 cm³/mol. The molecule has 2 aromatic heterocycles. The average Bonchev–Trinajstić information content (AvgIpc) is 3.24. The third-order valence-corrected chi connectivity index (χ3v) is 6.01. The molecule has 0 radical (unpaired) electrons. The molecule has 0 bridgehead atoms. The number of nitrogens with one attached hydrogen (secondary N) is 1. The van der Waals surface area contributed by atoms with E-state index >= 15 is 0 Å². The van der Waals surface area contributed by atoms with Gasteiger partial charge >= 0.3 is 5.97 Å². The molecule has 0 aliphatic carbocycles. The monoisotopic (exact) mass is 452 g/mol. The van der Waals surface area contributed by atoms with Crippen LogP contribution in [0.25, 0.3) is 5.69 Å². The number of nitrogens with zero attached hydrogens (tertiary/aromatic N) is 3. The van der Waals surface area contributed by atoms with Crippen molar-refractivity contribution in [2.45, 2.75) is 32.9 Å². The molecule has 0 spiro atoms. The highest BCUT2D eigenvalue weighted by Crippen LogP contribution is 2.41. The summed E-state index contributed by atoms with van der Waals surface area (Å²) in [6.45, 7) is 6.08. The number of hydrogen-bond donors (Lipinski definition) is 1. The fraction of sp³-hybridized carbons (Fsp3) is 0.292. The van der Waals surface area contributed by atoms with E-state index in [9.17, 15) is 9.18 Å². The molecule has 1 aromatic carbocycles. The second-order valence-electron chi connectivity index (χ2n) is 7.70. The number of carbonyl (C=O) groups excluding carboxylic acids is 1. The quantitative estimate of drug-likeness (QED) is 0.448. The van der Waals surface area contributed by atoms with Crippen molar-refractivity contribution in [1.29, 1.82) is 0 Å². The molecule has 1 saturated heterocycles. The molecule has 1 aliphatic rings. The van der Waals surface area contributed by atoms with Crippen LogP contribution >= 0.6 is 12.2 Å². The van der Waals surface area contributed by atoms with Crippen molar-refractivity contribution in [3.63, 3.8) is 0 Å². The highest BCUT2D eigenvalue weighted by Gasteiger charge is 2.42. The van der Waals surface area contributed by atoms with Gasteiger partial charge in [0.05, 0.1) is 24.4 Å². The van der Waals surface area contributed by atoms with E-state index in [2.05, 4.69) is 16.4 Å². The fourth-order valence-corrected chi connectivity index (χ4v) is 4.66. The van der Waals surface area contributed by atoms with Crippen molar-refractivity contribution in [1.82, 2.24) is 19.8 Å². The Kier molecular flexibility index (Phi) is 6.23. The van der Waals surface area contributed by atoms with Crippen LogP contribution in [0.4, 0.5) is 4.39 Å². The number of pyridine rings is 1. The molecular weight excluding hydrogens is 427 g/mol. The maximum Gasteiger partial charge on any atom is 0.325 e. The van der Waals surface area contributed by atoms with Crippen LogP contribution in [0.5, 0.6) is 0 Å². The maximum absolute atomic E-state index is 13.9. The van der Waals surface area contributed by atoms with E-state index in [1.54, 1.807) is 19.2 Å². The lowest BCUT2D eigenvalue weighted by Gasteiger charge is -2.27. The average molecular weight is 453 g/mol. The number of aryl methyl sites for hydroxylation is 1. The van der Waals surface area contributed by atoms with Crippen LogP contribution in [-0.2, 0) is 9.53 Å². The van der Waals surface area contributed by atoms with E-state index in [4.69, 9.17) is 17.0 Å². The molecule has 2 atom stereocenters. The molecular formula is C24H25FN4O2S. The Morgan fingerprint density at radius 3 is 2.72 bits per heavy atom. The van der Waals surface area contributed by atoms with Gasteiger partial charge in [0.2, 0.25) is 0 Å². The van der Waals surface area contributed by atoms with Crippen LogP contribution in [0.15, 0.2) is 54.7 Å². The summed E-state index contributed by atoms with van der Waals surface area (Å²) in [5, 5.41) is 3.81. The number of ether oxygens (including phenoxy) is 1. The van der Waals surface area contributed by atoms with Crippen molar-refractivity contribution in [3.8, 4) is 5.69 Å². The lowest BCUT2D eigenvalue weighted by Crippen LogP contribution is -2.35. The van der Waals surface area contributed by atoms with Crippen LogP contribution in [-0.4, -0.2) is 38.7 Å². The van der Waals surface area contributed by atoms with Gasteiger partial charge in [-0.25, -0.2) is 4.39 Å². The van der Waals surface area contributed by atoms with Gasteiger partial charge in [-0.3, -0.25) is 9.78 Å². The number of rotatable bonds is 6. The first-order chi connectivity index (χ1) is 15.4. The maximum atomic E-state index is 13.9. The highest BCUT2D eigenvalue weighted by molar-refractivity contribution is 7.80. The van der Waals surface area contributed by atoms with Gasteiger partial charge in [0, 0.05) is 23.3 Å². The van der Waals surface area contributed by atoms with E-state index in [1.807, 2.05) is 47.6 Å². The Labute approximate surface area is 192 Å². The number of esters is 1. The molecule has 166 valence electrons. The van der Waals surface area contributed by atoms with E-state index in [-0.39, 0.29) is 30.4 Å². The molecule has 6 nitrogen and oxygen atoms in total. The molecule has 3 heterocycles. The second-order valence-corrected chi connectivity index (χ2v) is 8.09. The summed E-state index contributed by atoms with van der Waals surface area (Å²) in [6, 6.07) is 13.8. The molecule has 2 unspecified atom stereocenters. The first-order valence-corrected chi connectivity index (χ1v) is 10.9. The van der Waals surface area contributed by atoms with Crippen LogP contribution in [0.3, 0.4) is 0 Å². The Morgan fingerprint density at radius 2 is 2.03 bits per heavy atom. The minimum Gasteiger partial charge on any atom is -0.465 e. The lowest BCUT2D eigenvalue weighted by molar-refractivity contribution is -0.143. The van der Waals surface area contributed by atoms with Gasteiger partial charge in [0.1, 0.15) is 12.4 Å².